The summed E-state index contributed by atoms with van der Waals surface area (Å²) in [5.41, 5.74) is -0.302. The third-order valence-corrected chi connectivity index (χ3v) is 2.66. The van der Waals surface area contributed by atoms with Gasteiger partial charge >= 0.3 is 11.9 Å². The predicted molar refractivity (Wildman–Crippen MR) is 83.1 cm³/mol. The van der Waals surface area contributed by atoms with Crippen LogP contribution in [0.5, 0.6) is 0 Å². The first-order valence-corrected chi connectivity index (χ1v) is 6.94. The summed E-state index contributed by atoms with van der Waals surface area (Å²) in [7, 11) is 0. The number of hydrogen-bond donors (Lipinski definition) is 1. The molecule has 0 saturated carbocycles. The SMILES string of the molecule is CCOC(=O)/C=C/C(=O)O[C@@H](C)C(=O)Nc1ccccc1[N+](=O)[O-]. The minimum atomic E-state index is -1.22. The zero-order valence-corrected chi connectivity index (χ0v) is 13.1. The molecule has 0 aliphatic rings. The van der Waals surface area contributed by atoms with E-state index in [1.54, 1.807) is 6.92 Å². The van der Waals surface area contributed by atoms with Gasteiger partial charge in [0.1, 0.15) is 5.69 Å². The van der Waals surface area contributed by atoms with Gasteiger partial charge in [-0.2, -0.15) is 0 Å². The van der Waals surface area contributed by atoms with Crippen molar-refractivity contribution in [3.8, 4) is 0 Å². The van der Waals surface area contributed by atoms with Gasteiger partial charge in [-0.15, -0.1) is 0 Å². The predicted octanol–water partition coefficient (Wildman–Crippen LogP) is 1.58. The van der Waals surface area contributed by atoms with E-state index in [4.69, 9.17) is 4.74 Å². The van der Waals surface area contributed by atoms with E-state index >= 15 is 0 Å². The molecule has 1 N–H and O–H groups in total. The van der Waals surface area contributed by atoms with Gasteiger partial charge in [-0.1, -0.05) is 12.1 Å². The highest BCUT2D eigenvalue weighted by Gasteiger charge is 2.20. The highest BCUT2D eigenvalue weighted by molar-refractivity contribution is 5.98. The quantitative estimate of drug-likeness (QED) is 0.347. The van der Waals surface area contributed by atoms with Crippen LogP contribution in [0.1, 0.15) is 13.8 Å². The summed E-state index contributed by atoms with van der Waals surface area (Å²) >= 11 is 0. The summed E-state index contributed by atoms with van der Waals surface area (Å²) in [6, 6.07) is 5.55. The zero-order chi connectivity index (χ0) is 18.1. The van der Waals surface area contributed by atoms with Gasteiger partial charge in [0.2, 0.25) is 0 Å². The maximum atomic E-state index is 11.9. The highest BCUT2D eigenvalue weighted by Crippen LogP contribution is 2.23. The average Bonchev–Trinajstić information content (AvgIpc) is 2.53. The first-order chi connectivity index (χ1) is 11.3. The first kappa shape index (κ1) is 18.8. The topological polar surface area (TPSA) is 125 Å². The Morgan fingerprint density at radius 2 is 1.88 bits per heavy atom. The van der Waals surface area contributed by atoms with E-state index < -0.39 is 28.9 Å². The molecule has 1 aromatic carbocycles. The number of benzene rings is 1. The third kappa shape index (κ3) is 5.87. The Bertz CT molecular complexity index is 670. The van der Waals surface area contributed by atoms with Crippen molar-refractivity contribution in [3.05, 3.63) is 46.5 Å². The molecule has 9 heteroatoms. The fraction of sp³-hybridized carbons (Fsp3) is 0.267. The molecular formula is C15H16N2O7. The van der Waals surface area contributed by atoms with Crippen LogP contribution >= 0.6 is 0 Å². The number of carbonyl (C=O) groups is 3. The van der Waals surface area contributed by atoms with E-state index in [2.05, 4.69) is 10.1 Å². The van der Waals surface area contributed by atoms with Crippen molar-refractivity contribution in [2.75, 3.05) is 11.9 Å². The lowest BCUT2D eigenvalue weighted by Gasteiger charge is -2.12. The van der Waals surface area contributed by atoms with Crippen LogP contribution < -0.4 is 5.32 Å². The molecule has 0 aliphatic heterocycles. The van der Waals surface area contributed by atoms with Gasteiger partial charge in [-0.3, -0.25) is 14.9 Å². The molecule has 0 bridgehead atoms. The molecule has 0 unspecified atom stereocenters. The first-order valence-electron chi connectivity index (χ1n) is 6.94. The summed E-state index contributed by atoms with van der Waals surface area (Å²) in [5.74, 6) is -2.39. The molecule has 1 aromatic rings. The van der Waals surface area contributed by atoms with Crippen molar-refractivity contribution < 1.29 is 28.8 Å². The van der Waals surface area contributed by atoms with Crippen molar-refractivity contribution in [1.29, 1.82) is 0 Å². The van der Waals surface area contributed by atoms with E-state index in [0.717, 1.165) is 12.2 Å². The van der Waals surface area contributed by atoms with Crippen molar-refractivity contribution >= 4 is 29.2 Å². The van der Waals surface area contributed by atoms with E-state index in [9.17, 15) is 24.5 Å². The molecule has 0 radical (unpaired) electrons. The van der Waals surface area contributed by atoms with Crippen LogP contribution in [0.3, 0.4) is 0 Å². The number of nitro groups is 1. The van der Waals surface area contributed by atoms with E-state index in [0.29, 0.717) is 0 Å². The number of rotatable bonds is 7. The van der Waals surface area contributed by atoms with Crippen molar-refractivity contribution in [2.24, 2.45) is 0 Å². The van der Waals surface area contributed by atoms with Gasteiger partial charge in [0.15, 0.2) is 6.10 Å². The van der Waals surface area contributed by atoms with Crippen LogP contribution in [-0.4, -0.2) is 35.5 Å². The number of amides is 1. The number of anilines is 1. The second-order valence-electron chi connectivity index (χ2n) is 4.43. The Kier molecular flexibility index (Phi) is 7.08. The standard InChI is InChI=1S/C15H16N2O7/c1-3-23-13(18)8-9-14(19)24-10(2)15(20)16-11-6-4-5-7-12(11)17(21)22/h4-10H,3H2,1-2H3,(H,16,20)/b9-8+/t10-/m0/s1. The number of nitro benzene ring substituents is 1. The molecular weight excluding hydrogens is 320 g/mol. The minimum absolute atomic E-state index is 0.0162. The number of ether oxygens (including phenoxy) is 2. The van der Waals surface area contributed by atoms with E-state index in [1.807, 2.05) is 0 Å². The summed E-state index contributed by atoms with van der Waals surface area (Å²) in [5, 5.41) is 13.2. The van der Waals surface area contributed by atoms with Gasteiger partial charge in [0.25, 0.3) is 11.6 Å². The Labute approximate surface area is 137 Å². The fourth-order valence-electron chi connectivity index (χ4n) is 1.57. The molecule has 1 atom stereocenters. The molecule has 1 amide bonds. The second kappa shape index (κ2) is 9.03. The van der Waals surface area contributed by atoms with E-state index in [1.165, 1.54) is 31.2 Å². The molecule has 1 rings (SSSR count). The second-order valence-corrected chi connectivity index (χ2v) is 4.43. The summed E-state index contributed by atoms with van der Waals surface area (Å²) in [6.45, 7) is 3.06. The lowest BCUT2D eigenvalue weighted by atomic mass is 10.2. The lowest BCUT2D eigenvalue weighted by molar-refractivity contribution is -0.383. The highest BCUT2D eigenvalue weighted by atomic mass is 16.6. The average molecular weight is 336 g/mol. The molecule has 0 aliphatic carbocycles. The van der Waals surface area contributed by atoms with E-state index in [-0.39, 0.29) is 18.0 Å². The Balaban J connectivity index is 2.64. The van der Waals surface area contributed by atoms with Crippen LogP contribution in [0.2, 0.25) is 0 Å². The van der Waals surface area contributed by atoms with Crippen LogP contribution in [-0.2, 0) is 23.9 Å². The largest absolute Gasteiger partial charge is 0.463 e. The van der Waals surface area contributed by atoms with Crippen LogP contribution in [0, 0.1) is 10.1 Å². The summed E-state index contributed by atoms with van der Waals surface area (Å²) in [6.07, 6.45) is 0.481. The zero-order valence-electron chi connectivity index (χ0n) is 13.1. The molecule has 0 heterocycles. The number of carbonyl (C=O) groups excluding carboxylic acids is 3. The van der Waals surface area contributed by atoms with Gasteiger partial charge in [0.05, 0.1) is 11.5 Å². The van der Waals surface area contributed by atoms with Gasteiger partial charge in [-0.05, 0) is 19.9 Å². The van der Waals surface area contributed by atoms with Crippen LogP contribution in [0.15, 0.2) is 36.4 Å². The molecule has 128 valence electrons. The van der Waals surface area contributed by atoms with Gasteiger partial charge in [-0.25, -0.2) is 9.59 Å². The minimum Gasteiger partial charge on any atom is -0.463 e. The Hall–Kier alpha value is -3.23. The molecule has 0 spiro atoms. The molecule has 0 saturated heterocycles. The van der Waals surface area contributed by atoms with Gasteiger partial charge in [0, 0.05) is 18.2 Å². The van der Waals surface area contributed by atoms with Crippen molar-refractivity contribution in [1.82, 2.24) is 0 Å². The van der Waals surface area contributed by atoms with Crippen molar-refractivity contribution in [2.45, 2.75) is 20.0 Å². The normalized spacial score (nSPS) is 11.6. The maximum absolute atomic E-state index is 11.9. The van der Waals surface area contributed by atoms with Crippen LogP contribution in [0.25, 0.3) is 0 Å². The lowest BCUT2D eigenvalue weighted by Crippen LogP contribution is -2.29. The van der Waals surface area contributed by atoms with Crippen LogP contribution in [0.4, 0.5) is 11.4 Å². The van der Waals surface area contributed by atoms with Crippen molar-refractivity contribution in [3.63, 3.8) is 0 Å². The molecule has 9 nitrogen and oxygen atoms in total. The Morgan fingerprint density at radius 3 is 2.50 bits per heavy atom. The summed E-state index contributed by atoms with van der Waals surface area (Å²) < 4.78 is 9.38. The smallest absolute Gasteiger partial charge is 0.331 e. The Morgan fingerprint density at radius 1 is 1.25 bits per heavy atom. The monoisotopic (exact) mass is 336 g/mol. The molecule has 0 fully saturated rings. The molecule has 0 aromatic heterocycles. The number of nitrogens with one attached hydrogen (secondary N) is 1. The third-order valence-electron chi connectivity index (χ3n) is 2.66. The molecule has 24 heavy (non-hydrogen) atoms. The number of esters is 2. The number of nitrogens with zero attached hydrogens (tertiary/aromatic N) is 1. The maximum Gasteiger partial charge on any atom is 0.331 e. The number of hydrogen-bond acceptors (Lipinski definition) is 7. The fourth-order valence-corrected chi connectivity index (χ4v) is 1.57. The number of para-hydroxylation sites is 2. The van der Waals surface area contributed by atoms with Gasteiger partial charge < -0.3 is 14.8 Å². The summed E-state index contributed by atoms with van der Waals surface area (Å²) in [4.78, 5) is 44.7.